The predicted molar refractivity (Wildman–Crippen MR) is 153 cm³/mol. The number of aryl methyl sites for hydroxylation is 3. The number of esters is 2. The lowest BCUT2D eigenvalue weighted by molar-refractivity contribution is 0.0671. The largest absolute Gasteiger partial charge is 0.421 e. The molecule has 2 aliphatic carbocycles. The van der Waals surface area contributed by atoms with Crippen LogP contribution < -0.4 is 0 Å². The SMILES string of the molecule is Cc1cccc(C(=O)OC2=C3C(=O)c4ccc(C)cc4C(OC(=O)c4cccc(C)c4)=C3C(=O)c3ccccc32)c1. The number of ether oxygens (including phenoxy) is 2. The summed E-state index contributed by atoms with van der Waals surface area (Å²) < 4.78 is 11.9. The fourth-order valence-electron chi connectivity index (χ4n) is 5.18. The van der Waals surface area contributed by atoms with E-state index < -0.39 is 23.5 Å². The molecule has 200 valence electrons. The van der Waals surface area contributed by atoms with Crippen molar-refractivity contribution in [2.45, 2.75) is 20.8 Å². The van der Waals surface area contributed by atoms with Gasteiger partial charge in [0.2, 0.25) is 0 Å². The topological polar surface area (TPSA) is 86.7 Å². The molecule has 0 saturated heterocycles. The summed E-state index contributed by atoms with van der Waals surface area (Å²) in [6, 6.07) is 25.5. The smallest absolute Gasteiger partial charge is 0.343 e. The van der Waals surface area contributed by atoms with Crippen molar-refractivity contribution < 1.29 is 28.7 Å². The summed E-state index contributed by atoms with van der Waals surface area (Å²) in [7, 11) is 0. The highest BCUT2D eigenvalue weighted by atomic mass is 16.5. The van der Waals surface area contributed by atoms with Crippen molar-refractivity contribution >= 4 is 35.0 Å². The van der Waals surface area contributed by atoms with Crippen LogP contribution in [0.1, 0.15) is 69.2 Å². The van der Waals surface area contributed by atoms with Gasteiger partial charge in [0, 0.05) is 22.3 Å². The average molecular weight is 541 g/mol. The summed E-state index contributed by atoms with van der Waals surface area (Å²) in [5.41, 5.74) is 4.00. The summed E-state index contributed by atoms with van der Waals surface area (Å²) in [5, 5.41) is 0. The van der Waals surface area contributed by atoms with Crippen LogP contribution in [-0.4, -0.2) is 23.5 Å². The van der Waals surface area contributed by atoms with E-state index >= 15 is 0 Å². The van der Waals surface area contributed by atoms with E-state index in [4.69, 9.17) is 9.47 Å². The van der Waals surface area contributed by atoms with Gasteiger partial charge in [0.1, 0.15) is 0 Å². The lowest BCUT2D eigenvalue weighted by Gasteiger charge is -2.29. The number of carbonyl (C=O) groups is 4. The summed E-state index contributed by atoms with van der Waals surface area (Å²) in [4.78, 5) is 54.9. The van der Waals surface area contributed by atoms with Crippen LogP contribution in [0.5, 0.6) is 0 Å². The standard InChI is InChI=1S/C35H24O6/c1-19-8-6-10-22(16-19)34(38)40-32-26-13-5-4-12-24(26)30(36)29-28(32)31(37)25-15-14-21(3)18-27(25)33(29)41-35(39)23-11-7-9-20(2)17-23/h4-18H,1-3H3. The molecule has 0 unspecified atom stereocenters. The van der Waals surface area contributed by atoms with Gasteiger partial charge in [0.15, 0.2) is 23.1 Å². The first-order valence-corrected chi connectivity index (χ1v) is 13.1. The molecular formula is C35H24O6. The van der Waals surface area contributed by atoms with E-state index in [0.29, 0.717) is 22.3 Å². The van der Waals surface area contributed by atoms with Gasteiger partial charge < -0.3 is 9.47 Å². The minimum Gasteiger partial charge on any atom is -0.421 e. The van der Waals surface area contributed by atoms with E-state index in [0.717, 1.165) is 16.7 Å². The second kappa shape index (κ2) is 9.99. The molecule has 0 saturated carbocycles. The van der Waals surface area contributed by atoms with Crippen molar-refractivity contribution in [3.8, 4) is 0 Å². The number of benzene rings is 4. The molecule has 6 rings (SSSR count). The van der Waals surface area contributed by atoms with E-state index in [2.05, 4.69) is 0 Å². The highest BCUT2D eigenvalue weighted by Crippen LogP contribution is 2.45. The Morgan fingerprint density at radius 3 is 1.49 bits per heavy atom. The van der Waals surface area contributed by atoms with Crippen LogP contribution in [0.15, 0.2) is 102 Å². The molecule has 0 fully saturated rings. The molecule has 0 bridgehead atoms. The normalized spacial score (nSPS) is 13.8. The summed E-state index contributed by atoms with van der Waals surface area (Å²) in [5.74, 6) is -2.46. The molecular weight excluding hydrogens is 516 g/mol. The minimum atomic E-state index is -0.680. The molecule has 6 heteroatoms. The predicted octanol–water partition coefficient (Wildman–Crippen LogP) is 6.84. The Balaban J connectivity index is 1.60. The molecule has 0 amide bonds. The van der Waals surface area contributed by atoms with E-state index in [9.17, 15) is 19.2 Å². The summed E-state index contributed by atoms with van der Waals surface area (Å²) in [6.45, 7) is 5.55. The number of rotatable bonds is 4. The maximum atomic E-state index is 14.1. The van der Waals surface area contributed by atoms with Gasteiger partial charge in [-0.05, 0) is 51.1 Å². The zero-order valence-corrected chi connectivity index (χ0v) is 22.6. The van der Waals surface area contributed by atoms with E-state index in [-0.39, 0.29) is 33.8 Å². The van der Waals surface area contributed by atoms with Crippen molar-refractivity contribution in [3.63, 3.8) is 0 Å². The zero-order chi connectivity index (χ0) is 28.8. The third-order valence-corrected chi connectivity index (χ3v) is 7.14. The third kappa shape index (κ3) is 4.49. The Labute approximate surface area is 236 Å². The molecule has 41 heavy (non-hydrogen) atoms. The van der Waals surface area contributed by atoms with Crippen LogP contribution in [-0.2, 0) is 9.47 Å². The van der Waals surface area contributed by atoms with E-state index in [1.54, 1.807) is 78.9 Å². The molecule has 0 aliphatic heterocycles. The molecule has 0 atom stereocenters. The number of fused-ring (bicyclic) bond motifs is 3. The lowest BCUT2D eigenvalue weighted by atomic mass is 9.76. The average Bonchev–Trinajstić information content (AvgIpc) is 2.96. The van der Waals surface area contributed by atoms with Crippen molar-refractivity contribution in [2.24, 2.45) is 0 Å². The van der Waals surface area contributed by atoms with Gasteiger partial charge in [-0.2, -0.15) is 0 Å². The second-order valence-corrected chi connectivity index (χ2v) is 10.2. The first kappa shape index (κ1) is 25.9. The Morgan fingerprint density at radius 2 is 0.951 bits per heavy atom. The number of ketones is 2. The van der Waals surface area contributed by atoms with Crippen LogP contribution in [0.4, 0.5) is 0 Å². The molecule has 0 radical (unpaired) electrons. The number of allylic oxidation sites excluding steroid dienone is 2. The zero-order valence-electron chi connectivity index (χ0n) is 22.6. The lowest BCUT2D eigenvalue weighted by Crippen LogP contribution is -2.29. The van der Waals surface area contributed by atoms with Crippen LogP contribution >= 0.6 is 0 Å². The van der Waals surface area contributed by atoms with Gasteiger partial charge in [0.25, 0.3) is 0 Å². The van der Waals surface area contributed by atoms with Crippen molar-refractivity contribution in [1.29, 1.82) is 0 Å². The Morgan fingerprint density at radius 1 is 0.488 bits per heavy atom. The molecule has 6 nitrogen and oxygen atoms in total. The van der Waals surface area contributed by atoms with Gasteiger partial charge in [-0.15, -0.1) is 0 Å². The monoisotopic (exact) mass is 540 g/mol. The highest BCUT2D eigenvalue weighted by Gasteiger charge is 2.43. The maximum absolute atomic E-state index is 14.1. The number of Topliss-reactive ketones (excluding diaryl/α,β-unsaturated/α-hetero) is 2. The van der Waals surface area contributed by atoms with Crippen molar-refractivity contribution in [3.05, 3.63) is 152 Å². The van der Waals surface area contributed by atoms with E-state index in [1.807, 2.05) is 32.9 Å². The first-order valence-electron chi connectivity index (χ1n) is 13.1. The summed E-state index contributed by atoms with van der Waals surface area (Å²) >= 11 is 0. The quantitative estimate of drug-likeness (QED) is 0.264. The fourth-order valence-corrected chi connectivity index (χ4v) is 5.18. The molecule has 2 aliphatic rings. The number of hydrogen-bond donors (Lipinski definition) is 0. The van der Waals surface area contributed by atoms with E-state index in [1.165, 1.54) is 0 Å². The van der Waals surface area contributed by atoms with Crippen molar-refractivity contribution in [1.82, 2.24) is 0 Å². The summed E-state index contributed by atoms with van der Waals surface area (Å²) in [6.07, 6.45) is 0. The van der Waals surface area contributed by atoms with Gasteiger partial charge in [0.05, 0.1) is 22.3 Å². The Hall–Kier alpha value is -5.36. The highest BCUT2D eigenvalue weighted by molar-refractivity contribution is 6.34. The number of hydrogen-bond acceptors (Lipinski definition) is 6. The fraction of sp³-hybridized carbons (Fsp3) is 0.0857. The van der Waals surface area contributed by atoms with Crippen LogP contribution in [0.3, 0.4) is 0 Å². The second-order valence-electron chi connectivity index (χ2n) is 10.2. The molecule has 4 aromatic carbocycles. The minimum absolute atomic E-state index is 0.0478. The Bertz CT molecular complexity index is 1890. The molecule has 0 spiro atoms. The van der Waals surface area contributed by atoms with Gasteiger partial charge in [-0.25, -0.2) is 9.59 Å². The molecule has 4 aromatic rings. The van der Waals surface area contributed by atoms with Gasteiger partial charge in [-0.3, -0.25) is 9.59 Å². The third-order valence-electron chi connectivity index (χ3n) is 7.14. The molecule has 0 N–H and O–H groups in total. The van der Waals surface area contributed by atoms with Crippen LogP contribution in [0.25, 0.3) is 11.5 Å². The van der Waals surface area contributed by atoms with Crippen LogP contribution in [0, 0.1) is 20.8 Å². The van der Waals surface area contributed by atoms with Gasteiger partial charge >= 0.3 is 11.9 Å². The molecule has 0 heterocycles. The van der Waals surface area contributed by atoms with Crippen LogP contribution in [0.2, 0.25) is 0 Å². The Kier molecular flexibility index (Phi) is 6.31. The maximum Gasteiger partial charge on any atom is 0.343 e. The first-order chi connectivity index (χ1) is 19.7. The van der Waals surface area contributed by atoms with Gasteiger partial charge in [-0.1, -0.05) is 77.4 Å². The molecule has 0 aromatic heterocycles. The number of carbonyl (C=O) groups excluding carboxylic acids is 4. The van der Waals surface area contributed by atoms with Crippen molar-refractivity contribution in [2.75, 3.05) is 0 Å².